The third kappa shape index (κ3) is 2.48. The molecule has 1 aromatic carbocycles. The number of benzene rings is 1. The fourth-order valence-electron chi connectivity index (χ4n) is 4.76. The van der Waals surface area contributed by atoms with E-state index in [0.717, 1.165) is 6.42 Å². The Hall–Kier alpha value is -2.45. The van der Waals surface area contributed by atoms with Crippen LogP contribution in [-0.4, -0.2) is 41.1 Å². The molecule has 2 saturated heterocycles. The van der Waals surface area contributed by atoms with Crippen molar-refractivity contribution in [2.24, 2.45) is 17.6 Å². The maximum atomic E-state index is 13.3. The topological polar surface area (TPSA) is 122 Å². The van der Waals surface area contributed by atoms with Crippen molar-refractivity contribution in [2.75, 3.05) is 11.9 Å². The Kier molecular flexibility index (Phi) is 4.43. The second kappa shape index (κ2) is 6.56. The molecule has 4 amide bonds. The predicted molar refractivity (Wildman–Crippen MR) is 101 cm³/mol. The van der Waals surface area contributed by atoms with Crippen LogP contribution in [0, 0.1) is 11.8 Å². The van der Waals surface area contributed by atoms with Gasteiger partial charge in [0.25, 0.3) is 0 Å². The lowest BCUT2D eigenvalue weighted by atomic mass is 9.76. The number of nitrogens with zero attached hydrogens (tertiary/aromatic N) is 1. The van der Waals surface area contributed by atoms with Gasteiger partial charge in [0.2, 0.25) is 23.6 Å². The van der Waals surface area contributed by atoms with Crippen LogP contribution in [0.25, 0.3) is 0 Å². The molecule has 4 N–H and O–H groups in total. The third-order valence-electron chi connectivity index (χ3n) is 5.92. The summed E-state index contributed by atoms with van der Waals surface area (Å²) in [6.07, 6.45) is 1.35. The first-order valence-electron chi connectivity index (χ1n) is 9.34. The average molecular weight is 405 g/mol. The summed E-state index contributed by atoms with van der Waals surface area (Å²) in [5.41, 5.74) is 4.99. The number of carbonyl (C=O) groups excluding carboxylic acids is 4. The molecule has 1 aromatic rings. The number of amides is 4. The monoisotopic (exact) mass is 404 g/mol. The molecule has 0 saturated carbocycles. The van der Waals surface area contributed by atoms with E-state index < -0.39 is 41.1 Å². The number of halogens is 1. The number of nitrogens with two attached hydrogens (primary N) is 1. The van der Waals surface area contributed by atoms with Gasteiger partial charge in [-0.2, -0.15) is 0 Å². The molecule has 9 heteroatoms. The molecule has 4 rings (SSSR count). The van der Waals surface area contributed by atoms with Gasteiger partial charge in [0.15, 0.2) is 0 Å². The lowest BCUT2D eigenvalue weighted by Gasteiger charge is -2.29. The highest BCUT2D eigenvalue weighted by molar-refractivity contribution is 6.31. The molecule has 0 aliphatic carbocycles. The zero-order valence-corrected chi connectivity index (χ0v) is 16.1. The normalized spacial score (nSPS) is 30.7. The standard InChI is InChI=1S/C19H21ClN4O4/c1-2-3-6-24-16(26)14-12(8-13(21)25)23-19(15(14)17(24)27)10-7-9(20)4-5-11(10)22-18(19)28/h4-5,7,12,14-15,23H,2-3,6,8H2,1H3,(H2,21,25)(H,22,28)/t12-,14+,15-,19-/m0/s1. The minimum Gasteiger partial charge on any atom is -0.370 e. The quantitative estimate of drug-likeness (QED) is 0.625. The van der Waals surface area contributed by atoms with Gasteiger partial charge in [0, 0.05) is 35.3 Å². The van der Waals surface area contributed by atoms with Gasteiger partial charge >= 0.3 is 0 Å². The minimum absolute atomic E-state index is 0.146. The number of imide groups is 1. The van der Waals surface area contributed by atoms with E-state index >= 15 is 0 Å². The first-order valence-corrected chi connectivity index (χ1v) is 9.71. The van der Waals surface area contributed by atoms with Gasteiger partial charge in [-0.3, -0.25) is 29.4 Å². The van der Waals surface area contributed by atoms with Crippen molar-refractivity contribution in [3.63, 3.8) is 0 Å². The molecule has 0 bridgehead atoms. The average Bonchev–Trinajstić information content (AvgIpc) is 3.19. The van der Waals surface area contributed by atoms with E-state index in [2.05, 4.69) is 10.6 Å². The number of nitrogens with one attached hydrogen (secondary N) is 2. The summed E-state index contributed by atoms with van der Waals surface area (Å²) >= 11 is 6.16. The molecule has 148 valence electrons. The number of fused-ring (bicyclic) bond motifs is 4. The molecule has 3 heterocycles. The van der Waals surface area contributed by atoms with E-state index in [-0.39, 0.29) is 12.3 Å². The number of rotatable bonds is 5. The minimum atomic E-state index is -1.45. The van der Waals surface area contributed by atoms with Crippen molar-refractivity contribution >= 4 is 40.9 Å². The highest BCUT2D eigenvalue weighted by atomic mass is 35.5. The Balaban J connectivity index is 1.85. The van der Waals surface area contributed by atoms with Crippen molar-refractivity contribution < 1.29 is 19.2 Å². The second-order valence-corrected chi connectivity index (χ2v) is 7.99. The molecule has 3 aliphatic heterocycles. The van der Waals surface area contributed by atoms with Crippen molar-refractivity contribution in [1.29, 1.82) is 0 Å². The summed E-state index contributed by atoms with van der Waals surface area (Å²) in [5.74, 6) is -3.56. The highest BCUT2D eigenvalue weighted by Gasteiger charge is 2.70. The summed E-state index contributed by atoms with van der Waals surface area (Å²) < 4.78 is 0. The predicted octanol–water partition coefficient (Wildman–Crippen LogP) is 0.736. The van der Waals surface area contributed by atoms with Gasteiger partial charge < -0.3 is 11.1 Å². The lowest BCUT2D eigenvalue weighted by Crippen LogP contribution is -2.53. The van der Waals surface area contributed by atoms with Gasteiger partial charge in [-0.05, 0) is 24.6 Å². The van der Waals surface area contributed by atoms with Gasteiger partial charge in [0.05, 0.1) is 11.8 Å². The fraction of sp³-hybridized carbons (Fsp3) is 0.474. The number of primary amides is 1. The van der Waals surface area contributed by atoms with Gasteiger partial charge in [-0.15, -0.1) is 0 Å². The maximum absolute atomic E-state index is 13.3. The van der Waals surface area contributed by atoms with E-state index in [9.17, 15) is 19.2 Å². The van der Waals surface area contributed by atoms with Crippen molar-refractivity contribution in [1.82, 2.24) is 10.2 Å². The van der Waals surface area contributed by atoms with Crippen LogP contribution in [0.3, 0.4) is 0 Å². The zero-order valence-electron chi connectivity index (χ0n) is 15.3. The number of carbonyl (C=O) groups is 4. The van der Waals surface area contributed by atoms with Crippen LogP contribution >= 0.6 is 11.6 Å². The van der Waals surface area contributed by atoms with Crippen LogP contribution in [0.2, 0.25) is 5.02 Å². The first kappa shape index (κ1) is 18.9. The fourth-order valence-corrected chi connectivity index (χ4v) is 4.93. The second-order valence-electron chi connectivity index (χ2n) is 7.56. The Morgan fingerprint density at radius 1 is 1.29 bits per heavy atom. The molecule has 0 aromatic heterocycles. The first-order chi connectivity index (χ1) is 13.3. The Bertz CT molecular complexity index is 904. The summed E-state index contributed by atoms with van der Waals surface area (Å²) in [7, 11) is 0. The molecule has 3 aliphatic rings. The summed E-state index contributed by atoms with van der Waals surface area (Å²) in [6.45, 7) is 2.26. The van der Waals surface area contributed by atoms with Crippen LogP contribution in [0.15, 0.2) is 18.2 Å². The largest absolute Gasteiger partial charge is 0.370 e. The van der Waals surface area contributed by atoms with Crippen LogP contribution in [0.5, 0.6) is 0 Å². The Morgan fingerprint density at radius 2 is 2.04 bits per heavy atom. The third-order valence-corrected chi connectivity index (χ3v) is 6.16. The summed E-state index contributed by atoms with van der Waals surface area (Å²) in [4.78, 5) is 52.3. The zero-order chi connectivity index (χ0) is 20.2. The molecule has 8 nitrogen and oxygen atoms in total. The molecular formula is C19H21ClN4O4. The van der Waals surface area contributed by atoms with E-state index in [1.165, 1.54) is 4.90 Å². The van der Waals surface area contributed by atoms with Crippen LogP contribution < -0.4 is 16.4 Å². The van der Waals surface area contributed by atoms with Crippen molar-refractivity contribution in [3.05, 3.63) is 28.8 Å². The molecular weight excluding hydrogens is 384 g/mol. The molecule has 0 radical (unpaired) electrons. The van der Waals surface area contributed by atoms with Crippen LogP contribution in [-0.2, 0) is 24.7 Å². The molecule has 4 atom stereocenters. The van der Waals surface area contributed by atoms with E-state index in [0.29, 0.717) is 29.2 Å². The number of unbranched alkanes of at least 4 members (excludes halogenated alkanes) is 1. The number of hydrogen-bond acceptors (Lipinski definition) is 5. The molecule has 0 unspecified atom stereocenters. The van der Waals surface area contributed by atoms with Gasteiger partial charge in [0.1, 0.15) is 5.54 Å². The molecule has 1 spiro atoms. The van der Waals surface area contributed by atoms with Gasteiger partial charge in [-0.1, -0.05) is 24.9 Å². The van der Waals surface area contributed by atoms with Crippen LogP contribution in [0.4, 0.5) is 5.69 Å². The Labute approximate surface area is 166 Å². The van der Waals surface area contributed by atoms with Crippen molar-refractivity contribution in [2.45, 2.75) is 37.8 Å². The number of hydrogen-bond donors (Lipinski definition) is 3. The Morgan fingerprint density at radius 3 is 2.71 bits per heavy atom. The van der Waals surface area contributed by atoms with E-state index in [1.807, 2.05) is 6.92 Å². The van der Waals surface area contributed by atoms with E-state index in [4.69, 9.17) is 17.3 Å². The van der Waals surface area contributed by atoms with Gasteiger partial charge in [-0.25, -0.2) is 0 Å². The van der Waals surface area contributed by atoms with Crippen LogP contribution in [0.1, 0.15) is 31.7 Å². The molecule has 28 heavy (non-hydrogen) atoms. The lowest BCUT2D eigenvalue weighted by molar-refractivity contribution is -0.142. The SMILES string of the molecule is CCCCN1C(=O)[C@@H]2[C@H](CC(N)=O)N[C@]3(C(=O)Nc4ccc(Cl)cc43)[C@@H]2C1=O. The van der Waals surface area contributed by atoms with E-state index in [1.54, 1.807) is 18.2 Å². The number of likely N-dealkylation sites (tertiary alicyclic amines) is 1. The smallest absolute Gasteiger partial charge is 0.250 e. The summed E-state index contributed by atoms with van der Waals surface area (Å²) in [6, 6.07) is 4.22. The molecule has 2 fully saturated rings. The van der Waals surface area contributed by atoms with Crippen molar-refractivity contribution in [3.8, 4) is 0 Å². The highest BCUT2D eigenvalue weighted by Crippen LogP contribution is 2.53. The summed E-state index contributed by atoms with van der Waals surface area (Å²) in [5, 5.41) is 6.32. The maximum Gasteiger partial charge on any atom is 0.250 e. The number of anilines is 1.